The molecule has 1 aromatic carbocycles. The molecule has 0 heterocycles. The van der Waals surface area contributed by atoms with Gasteiger partial charge >= 0.3 is 0 Å². The molecule has 0 aliphatic rings. The molecule has 0 spiro atoms. The molecular weight excluding hydrogens is 314 g/mol. The minimum absolute atomic E-state index is 0.270. The first-order chi connectivity index (χ1) is 6.70. The Bertz CT molecular complexity index is 323. The summed E-state index contributed by atoms with van der Waals surface area (Å²) in [7, 11) is 0. The third-order valence-corrected chi connectivity index (χ3v) is 2.77. The molecule has 0 amide bonds. The maximum absolute atomic E-state index is 5.48. The molecule has 0 aromatic heterocycles. The second kappa shape index (κ2) is 5.44. The van der Waals surface area contributed by atoms with Crippen molar-refractivity contribution in [1.82, 2.24) is 0 Å². The van der Waals surface area contributed by atoms with Crippen LogP contribution < -0.4 is 4.74 Å². The van der Waals surface area contributed by atoms with Gasteiger partial charge in [0.15, 0.2) is 0 Å². The Balaban J connectivity index is 2.71. The standard InChI is InChI=1S/C10H8ClIO2/c1-2-8-10(12,14-11)13-9-6-4-3-5-7-9/h1,3-7H,8H2. The molecule has 74 valence electrons. The van der Waals surface area contributed by atoms with Crippen LogP contribution >= 0.6 is 34.5 Å². The van der Waals surface area contributed by atoms with Crippen molar-refractivity contribution in [1.29, 1.82) is 0 Å². The van der Waals surface area contributed by atoms with Crippen molar-refractivity contribution in [3.8, 4) is 18.1 Å². The highest BCUT2D eigenvalue weighted by Gasteiger charge is 2.28. The Labute approximate surface area is 102 Å². The zero-order valence-corrected chi connectivity index (χ0v) is 10.2. The number of rotatable bonds is 4. The van der Waals surface area contributed by atoms with E-state index in [0.717, 1.165) is 0 Å². The van der Waals surface area contributed by atoms with Crippen LogP contribution in [0.25, 0.3) is 0 Å². The van der Waals surface area contributed by atoms with E-state index in [0.29, 0.717) is 5.75 Å². The maximum atomic E-state index is 5.48. The van der Waals surface area contributed by atoms with Crippen LogP contribution in [0.5, 0.6) is 5.75 Å². The van der Waals surface area contributed by atoms with Gasteiger partial charge in [-0.3, -0.25) is 0 Å². The number of hydrogen-bond acceptors (Lipinski definition) is 2. The van der Waals surface area contributed by atoms with E-state index >= 15 is 0 Å². The van der Waals surface area contributed by atoms with Crippen LogP contribution in [0.2, 0.25) is 0 Å². The van der Waals surface area contributed by atoms with Gasteiger partial charge in [0.05, 0.1) is 18.3 Å². The van der Waals surface area contributed by atoms with Gasteiger partial charge < -0.3 is 4.74 Å². The van der Waals surface area contributed by atoms with Crippen LogP contribution in [0.1, 0.15) is 6.42 Å². The Hall–Kier alpha value is -0.440. The van der Waals surface area contributed by atoms with Crippen molar-refractivity contribution in [3.05, 3.63) is 30.3 Å². The monoisotopic (exact) mass is 322 g/mol. The molecule has 0 aliphatic heterocycles. The predicted octanol–water partition coefficient (Wildman–Crippen LogP) is 3.35. The molecule has 0 bridgehead atoms. The Morgan fingerprint density at radius 1 is 1.43 bits per heavy atom. The van der Waals surface area contributed by atoms with Gasteiger partial charge in [-0.25, -0.2) is 4.29 Å². The smallest absolute Gasteiger partial charge is 0.290 e. The number of hydrogen-bond donors (Lipinski definition) is 0. The summed E-state index contributed by atoms with van der Waals surface area (Å²) in [4.78, 5) is 0. The van der Waals surface area contributed by atoms with Crippen LogP contribution in [0.4, 0.5) is 0 Å². The molecule has 0 fully saturated rings. The molecular formula is C10H8ClIO2. The second-order valence-corrected chi connectivity index (χ2v) is 4.33. The molecule has 1 unspecified atom stereocenters. The van der Waals surface area contributed by atoms with Crippen molar-refractivity contribution < 1.29 is 9.03 Å². The molecule has 0 aliphatic carbocycles. The molecule has 2 nitrogen and oxygen atoms in total. The van der Waals surface area contributed by atoms with E-state index in [2.05, 4.69) is 10.2 Å². The Morgan fingerprint density at radius 2 is 2.07 bits per heavy atom. The van der Waals surface area contributed by atoms with E-state index in [4.69, 9.17) is 23.0 Å². The SMILES string of the molecule is C#CCC(I)(OCl)Oc1ccccc1. The third-order valence-electron chi connectivity index (χ3n) is 1.44. The van der Waals surface area contributed by atoms with Crippen LogP contribution in [0.15, 0.2) is 30.3 Å². The van der Waals surface area contributed by atoms with E-state index in [1.54, 1.807) is 12.1 Å². The first-order valence-corrected chi connectivity index (χ1v) is 5.25. The maximum Gasteiger partial charge on any atom is 0.290 e. The van der Waals surface area contributed by atoms with E-state index in [-0.39, 0.29) is 6.42 Å². The summed E-state index contributed by atoms with van der Waals surface area (Å²) in [5, 5.41) is 0. The molecule has 14 heavy (non-hydrogen) atoms. The van der Waals surface area contributed by atoms with Gasteiger partial charge in [0.1, 0.15) is 5.75 Å². The summed E-state index contributed by atoms with van der Waals surface area (Å²) >= 11 is 7.23. The van der Waals surface area contributed by atoms with Gasteiger partial charge in [-0.15, -0.1) is 6.42 Å². The average molecular weight is 323 g/mol. The van der Waals surface area contributed by atoms with Crippen molar-refractivity contribution >= 4 is 34.5 Å². The molecule has 0 radical (unpaired) electrons. The fourth-order valence-corrected chi connectivity index (χ4v) is 1.43. The fraction of sp³-hybridized carbons (Fsp3) is 0.200. The summed E-state index contributed by atoms with van der Waals surface area (Å²) in [6.45, 7) is 0. The number of terminal acetylenes is 1. The average Bonchev–Trinajstić information content (AvgIpc) is 2.20. The first kappa shape index (κ1) is 11.6. The van der Waals surface area contributed by atoms with Crippen molar-refractivity contribution in [3.63, 3.8) is 0 Å². The lowest BCUT2D eigenvalue weighted by Gasteiger charge is -2.22. The minimum atomic E-state index is -1.00. The van der Waals surface area contributed by atoms with Crippen LogP contribution in [-0.2, 0) is 4.29 Å². The quantitative estimate of drug-likeness (QED) is 0.366. The van der Waals surface area contributed by atoms with Gasteiger partial charge in [-0.05, 0) is 12.1 Å². The number of para-hydroxylation sites is 1. The summed E-state index contributed by atoms with van der Waals surface area (Å²) < 4.78 is 9.15. The molecule has 1 rings (SSSR count). The highest BCUT2D eigenvalue weighted by molar-refractivity contribution is 14.1. The molecule has 1 atom stereocenters. The van der Waals surface area contributed by atoms with Gasteiger partial charge in [-0.2, -0.15) is 0 Å². The zero-order chi connectivity index (χ0) is 10.4. The van der Waals surface area contributed by atoms with E-state index < -0.39 is 3.79 Å². The summed E-state index contributed by atoms with van der Waals surface area (Å²) in [5.74, 6) is 3.10. The largest absolute Gasteiger partial charge is 0.451 e. The van der Waals surface area contributed by atoms with Crippen LogP contribution in [0, 0.1) is 12.3 Å². The molecule has 0 N–H and O–H groups in total. The zero-order valence-electron chi connectivity index (χ0n) is 7.24. The Kier molecular flexibility index (Phi) is 4.52. The summed E-state index contributed by atoms with van der Waals surface area (Å²) in [6.07, 6.45) is 5.44. The van der Waals surface area contributed by atoms with Crippen molar-refractivity contribution in [2.24, 2.45) is 0 Å². The van der Waals surface area contributed by atoms with Gasteiger partial charge in [0.2, 0.25) is 0 Å². The summed E-state index contributed by atoms with van der Waals surface area (Å²) in [5.41, 5.74) is 0. The van der Waals surface area contributed by atoms with Gasteiger partial charge in [0.25, 0.3) is 3.79 Å². The Morgan fingerprint density at radius 3 is 2.57 bits per heavy atom. The summed E-state index contributed by atoms with van der Waals surface area (Å²) in [6, 6.07) is 9.22. The molecule has 0 saturated heterocycles. The second-order valence-electron chi connectivity index (χ2n) is 2.53. The fourth-order valence-electron chi connectivity index (χ4n) is 0.866. The number of alkyl halides is 1. The highest BCUT2D eigenvalue weighted by atomic mass is 127. The lowest BCUT2D eigenvalue weighted by atomic mass is 10.3. The topological polar surface area (TPSA) is 18.5 Å². The predicted molar refractivity (Wildman–Crippen MR) is 64.2 cm³/mol. The van der Waals surface area contributed by atoms with Gasteiger partial charge in [-0.1, -0.05) is 24.1 Å². The lowest BCUT2D eigenvalue weighted by Crippen LogP contribution is -2.28. The number of halogens is 2. The molecule has 1 aromatic rings. The van der Waals surface area contributed by atoms with E-state index in [1.807, 2.05) is 40.8 Å². The van der Waals surface area contributed by atoms with E-state index in [1.165, 1.54) is 0 Å². The van der Waals surface area contributed by atoms with E-state index in [9.17, 15) is 0 Å². The molecule has 0 saturated carbocycles. The number of ether oxygens (including phenoxy) is 1. The normalized spacial score (nSPS) is 14.1. The number of benzene rings is 1. The third kappa shape index (κ3) is 3.37. The minimum Gasteiger partial charge on any atom is -0.451 e. The highest BCUT2D eigenvalue weighted by Crippen LogP contribution is 2.29. The van der Waals surface area contributed by atoms with Crippen molar-refractivity contribution in [2.45, 2.75) is 10.2 Å². The lowest BCUT2D eigenvalue weighted by molar-refractivity contribution is 0.000126. The van der Waals surface area contributed by atoms with Gasteiger partial charge in [0, 0.05) is 22.6 Å². The molecule has 4 heteroatoms. The van der Waals surface area contributed by atoms with Crippen LogP contribution in [0.3, 0.4) is 0 Å². The first-order valence-electron chi connectivity index (χ1n) is 3.86. The van der Waals surface area contributed by atoms with Crippen LogP contribution in [-0.4, -0.2) is 3.79 Å². The van der Waals surface area contributed by atoms with Crippen molar-refractivity contribution in [2.75, 3.05) is 0 Å².